The maximum absolute atomic E-state index is 14.1. The largest absolute Gasteiger partial charge is 0.483 e. The van der Waals surface area contributed by atoms with Gasteiger partial charge in [-0.05, 0) is 49.2 Å². The molecular formula is C23H20ClFN4O2. The Bertz CT molecular complexity index is 1280. The van der Waals surface area contributed by atoms with E-state index in [4.69, 9.17) is 22.1 Å². The summed E-state index contributed by atoms with van der Waals surface area (Å²) in [7, 11) is 0. The number of fused-ring (bicyclic) bond motifs is 1. The molecule has 0 atom stereocenters. The molecule has 0 unspecified atom stereocenters. The number of benzene rings is 2. The van der Waals surface area contributed by atoms with E-state index < -0.39 is 11.7 Å². The number of nitrogens with zero attached hydrogens (tertiary/aromatic N) is 2. The Kier molecular flexibility index (Phi) is 5.52. The number of ether oxygens (including phenoxy) is 1. The first-order chi connectivity index (χ1) is 14.8. The van der Waals surface area contributed by atoms with E-state index in [1.165, 1.54) is 12.3 Å². The van der Waals surface area contributed by atoms with Crippen LogP contribution in [0.2, 0.25) is 5.02 Å². The number of imidazole rings is 1. The van der Waals surface area contributed by atoms with Crippen molar-refractivity contribution < 1.29 is 13.9 Å². The van der Waals surface area contributed by atoms with Crippen molar-refractivity contribution in [3.05, 3.63) is 76.7 Å². The van der Waals surface area contributed by atoms with Gasteiger partial charge in [0.2, 0.25) is 0 Å². The molecule has 2 aromatic heterocycles. The summed E-state index contributed by atoms with van der Waals surface area (Å²) in [6, 6.07) is 13.9. The van der Waals surface area contributed by atoms with Crippen LogP contribution in [0.1, 0.15) is 11.1 Å². The first-order valence-corrected chi connectivity index (χ1v) is 9.94. The lowest BCUT2D eigenvalue weighted by Gasteiger charge is -2.16. The topological polar surface area (TPSA) is 81.6 Å². The fourth-order valence-electron chi connectivity index (χ4n) is 3.45. The molecule has 0 aliphatic heterocycles. The van der Waals surface area contributed by atoms with E-state index in [-0.39, 0.29) is 6.61 Å². The van der Waals surface area contributed by atoms with Crippen molar-refractivity contribution in [2.24, 2.45) is 5.73 Å². The number of aromatic nitrogens is 2. The number of carbonyl (C=O) groups excluding carboxylic acids is 1. The fourth-order valence-corrected chi connectivity index (χ4v) is 3.70. The molecule has 2 aromatic carbocycles. The average Bonchev–Trinajstić information content (AvgIpc) is 3.06. The van der Waals surface area contributed by atoms with Crippen molar-refractivity contribution in [3.63, 3.8) is 0 Å². The highest BCUT2D eigenvalue weighted by Gasteiger charge is 2.22. The van der Waals surface area contributed by atoms with Crippen LogP contribution < -0.4 is 15.8 Å². The van der Waals surface area contributed by atoms with E-state index >= 15 is 0 Å². The van der Waals surface area contributed by atoms with Crippen molar-refractivity contribution in [1.82, 2.24) is 9.38 Å². The maximum Gasteiger partial charge on any atom is 0.255 e. The molecule has 0 spiro atoms. The van der Waals surface area contributed by atoms with E-state index in [2.05, 4.69) is 10.3 Å². The van der Waals surface area contributed by atoms with Crippen molar-refractivity contribution >= 4 is 34.7 Å². The number of halogens is 2. The molecule has 0 saturated carbocycles. The smallest absolute Gasteiger partial charge is 0.255 e. The SMILES string of the molecule is Cc1cccc(C)c1Nc1c(-c2c(Cl)cccc2OCC(N)=O)nc2ccc(F)cn12. The number of para-hydroxylation sites is 1. The van der Waals surface area contributed by atoms with E-state index in [9.17, 15) is 9.18 Å². The van der Waals surface area contributed by atoms with Crippen molar-refractivity contribution in [2.45, 2.75) is 13.8 Å². The van der Waals surface area contributed by atoms with Gasteiger partial charge >= 0.3 is 0 Å². The Labute approximate surface area is 183 Å². The zero-order valence-electron chi connectivity index (χ0n) is 16.9. The minimum Gasteiger partial charge on any atom is -0.483 e. The van der Waals surface area contributed by atoms with Gasteiger partial charge in [0.25, 0.3) is 5.91 Å². The van der Waals surface area contributed by atoms with Crippen LogP contribution in [0.5, 0.6) is 5.75 Å². The van der Waals surface area contributed by atoms with Crippen LogP contribution in [0.4, 0.5) is 15.9 Å². The van der Waals surface area contributed by atoms with Crippen LogP contribution in [-0.2, 0) is 4.79 Å². The number of nitrogens with two attached hydrogens (primary N) is 1. The first-order valence-electron chi connectivity index (χ1n) is 9.56. The van der Waals surface area contributed by atoms with Gasteiger partial charge in [-0.2, -0.15) is 0 Å². The van der Waals surface area contributed by atoms with E-state index in [1.807, 2.05) is 32.0 Å². The number of hydrogen-bond donors (Lipinski definition) is 2. The molecule has 0 bridgehead atoms. The molecule has 4 aromatic rings. The molecular weight excluding hydrogens is 419 g/mol. The third kappa shape index (κ3) is 4.04. The van der Waals surface area contributed by atoms with Gasteiger partial charge in [-0.15, -0.1) is 0 Å². The number of primary amides is 1. The third-order valence-electron chi connectivity index (χ3n) is 4.89. The van der Waals surface area contributed by atoms with Crippen molar-refractivity contribution in [1.29, 1.82) is 0 Å². The zero-order chi connectivity index (χ0) is 22.1. The molecule has 4 rings (SSSR count). The van der Waals surface area contributed by atoms with Crippen LogP contribution in [-0.4, -0.2) is 21.9 Å². The second-order valence-electron chi connectivity index (χ2n) is 7.14. The number of pyridine rings is 1. The summed E-state index contributed by atoms with van der Waals surface area (Å²) >= 11 is 6.53. The summed E-state index contributed by atoms with van der Waals surface area (Å²) in [4.78, 5) is 15.9. The van der Waals surface area contributed by atoms with Gasteiger partial charge in [-0.1, -0.05) is 35.9 Å². The minimum atomic E-state index is -0.614. The molecule has 31 heavy (non-hydrogen) atoms. The number of hydrogen-bond acceptors (Lipinski definition) is 4. The quantitative estimate of drug-likeness (QED) is 0.443. The van der Waals surface area contributed by atoms with Gasteiger partial charge in [0.15, 0.2) is 6.61 Å². The second kappa shape index (κ2) is 8.28. The van der Waals surface area contributed by atoms with Gasteiger partial charge < -0.3 is 15.8 Å². The van der Waals surface area contributed by atoms with Crippen LogP contribution in [0.3, 0.4) is 0 Å². The number of rotatable bonds is 6. The van der Waals surface area contributed by atoms with Gasteiger partial charge in [-0.25, -0.2) is 9.37 Å². The molecule has 1 amide bonds. The molecule has 0 aliphatic carbocycles. The predicted molar refractivity (Wildman–Crippen MR) is 119 cm³/mol. The average molecular weight is 439 g/mol. The lowest BCUT2D eigenvalue weighted by Crippen LogP contribution is -2.20. The fraction of sp³-hybridized carbons (Fsp3) is 0.130. The number of anilines is 2. The Morgan fingerprint density at radius 1 is 1.16 bits per heavy atom. The lowest BCUT2D eigenvalue weighted by molar-refractivity contribution is -0.119. The van der Waals surface area contributed by atoms with Gasteiger partial charge in [0.05, 0.1) is 10.6 Å². The molecule has 0 radical (unpaired) electrons. The zero-order valence-corrected chi connectivity index (χ0v) is 17.7. The number of aryl methyl sites for hydroxylation is 2. The summed E-state index contributed by atoms with van der Waals surface area (Å²) in [5, 5.41) is 3.78. The maximum atomic E-state index is 14.1. The number of amides is 1. The molecule has 0 aliphatic rings. The molecule has 6 nitrogen and oxygen atoms in total. The molecule has 0 saturated heterocycles. The van der Waals surface area contributed by atoms with E-state index in [1.54, 1.807) is 28.7 Å². The van der Waals surface area contributed by atoms with Gasteiger partial charge in [0.1, 0.15) is 28.7 Å². The van der Waals surface area contributed by atoms with Crippen LogP contribution in [0, 0.1) is 19.7 Å². The highest BCUT2D eigenvalue weighted by atomic mass is 35.5. The first kappa shape index (κ1) is 20.7. The lowest BCUT2D eigenvalue weighted by atomic mass is 10.1. The third-order valence-corrected chi connectivity index (χ3v) is 5.20. The molecule has 158 valence electrons. The molecule has 8 heteroatoms. The van der Waals surface area contributed by atoms with Gasteiger partial charge in [0, 0.05) is 11.9 Å². The standard InChI is InChI=1S/C23H20ClFN4O2/c1-13-5-3-6-14(2)21(13)28-23-22(27-19-10-9-15(25)11-29(19)23)20-16(24)7-4-8-17(20)31-12-18(26)30/h3-11,28H,12H2,1-2H3,(H2,26,30). The minimum absolute atomic E-state index is 0.311. The van der Waals surface area contributed by atoms with Gasteiger partial charge in [-0.3, -0.25) is 9.20 Å². The summed E-state index contributed by atoms with van der Waals surface area (Å²) < 4.78 is 21.3. The number of nitrogens with one attached hydrogen (secondary N) is 1. The highest BCUT2D eigenvalue weighted by Crippen LogP contribution is 2.41. The Morgan fingerprint density at radius 3 is 2.58 bits per heavy atom. The summed E-state index contributed by atoms with van der Waals surface area (Å²) in [5.41, 5.74) is 9.60. The van der Waals surface area contributed by atoms with Crippen LogP contribution in [0.15, 0.2) is 54.7 Å². The van der Waals surface area contributed by atoms with Crippen molar-refractivity contribution in [2.75, 3.05) is 11.9 Å². The Morgan fingerprint density at radius 2 is 1.87 bits per heavy atom. The van der Waals surface area contributed by atoms with E-state index in [0.717, 1.165) is 16.8 Å². The predicted octanol–water partition coefficient (Wildman–Crippen LogP) is 5.02. The molecule has 3 N–H and O–H groups in total. The molecule has 2 heterocycles. The Hall–Kier alpha value is -3.58. The normalized spacial score (nSPS) is 11.0. The highest BCUT2D eigenvalue weighted by molar-refractivity contribution is 6.33. The van der Waals surface area contributed by atoms with Crippen LogP contribution in [0.25, 0.3) is 16.9 Å². The monoisotopic (exact) mass is 438 g/mol. The summed E-state index contributed by atoms with van der Waals surface area (Å²) in [5.74, 6) is -0.161. The summed E-state index contributed by atoms with van der Waals surface area (Å²) in [6.07, 6.45) is 1.35. The summed E-state index contributed by atoms with van der Waals surface area (Å²) in [6.45, 7) is 3.65. The van der Waals surface area contributed by atoms with Crippen LogP contribution >= 0.6 is 11.6 Å². The van der Waals surface area contributed by atoms with Crippen molar-refractivity contribution in [3.8, 4) is 17.0 Å². The number of carbonyl (C=O) groups is 1. The molecule has 0 fully saturated rings. The van der Waals surface area contributed by atoms with E-state index in [0.29, 0.717) is 33.5 Å². The Balaban J connectivity index is 1.96. The second-order valence-corrected chi connectivity index (χ2v) is 7.55.